The Morgan fingerprint density at radius 2 is 1.87 bits per heavy atom. The highest BCUT2D eigenvalue weighted by Crippen LogP contribution is 2.41. The van der Waals surface area contributed by atoms with Gasteiger partial charge >= 0.3 is 5.97 Å². The maximum atomic E-state index is 13.1. The Morgan fingerprint density at radius 1 is 1.20 bits per heavy atom. The molecule has 2 N–H and O–H groups in total. The highest BCUT2D eigenvalue weighted by atomic mass is 16.4. The minimum absolute atomic E-state index is 0.220. The van der Waals surface area contributed by atoms with Crippen molar-refractivity contribution in [2.75, 3.05) is 16.8 Å². The van der Waals surface area contributed by atoms with Crippen LogP contribution in [0, 0.1) is 5.41 Å². The van der Waals surface area contributed by atoms with Crippen molar-refractivity contribution >= 4 is 29.2 Å². The lowest BCUT2D eigenvalue weighted by Crippen LogP contribution is -2.43. The zero-order valence-corrected chi connectivity index (χ0v) is 17.7. The van der Waals surface area contributed by atoms with Gasteiger partial charge in [-0.25, -0.2) is 9.78 Å². The standard InChI is InChI=1S/C23H28N4O3/c1-14-18-12-24-22(25-16-10-8-15(9-11-16)21(29)30)26-20(18)27(17-6-4-5-7-17)13-23(2,3)19(14)28/h8-12,14,17H,4-7,13H2,1-3H3,(H,29,30)(H,24,25,26). The molecule has 2 heterocycles. The molecule has 0 radical (unpaired) electrons. The summed E-state index contributed by atoms with van der Waals surface area (Å²) < 4.78 is 0. The number of ketones is 1. The van der Waals surface area contributed by atoms with E-state index in [2.05, 4.69) is 15.2 Å². The Morgan fingerprint density at radius 3 is 2.50 bits per heavy atom. The van der Waals surface area contributed by atoms with Crippen molar-refractivity contribution in [3.05, 3.63) is 41.6 Å². The van der Waals surface area contributed by atoms with Crippen LogP contribution < -0.4 is 10.2 Å². The summed E-state index contributed by atoms with van der Waals surface area (Å²) in [5.41, 5.74) is 1.36. The summed E-state index contributed by atoms with van der Waals surface area (Å²) >= 11 is 0. The zero-order chi connectivity index (χ0) is 21.5. The number of nitrogens with one attached hydrogen (secondary N) is 1. The summed E-state index contributed by atoms with van der Waals surface area (Å²) in [6.07, 6.45) is 6.39. The smallest absolute Gasteiger partial charge is 0.335 e. The van der Waals surface area contributed by atoms with E-state index in [9.17, 15) is 9.59 Å². The van der Waals surface area contributed by atoms with E-state index in [1.165, 1.54) is 12.8 Å². The fourth-order valence-corrected chi connectivity index (χ4v) is 4.63. The van der Waals surface area contributed by atoms with Crippen molar-refractivity contribution in [1.29, 1.82) is 0 Å². The van der Waals surface area contributed by atoms with Gasteiger partial charge < -0.3 is 15.3 Å². The average molecular weight is 409 g/mol. The molecule has 0 spiro atoms. The van der Waals surface area contributed by atoms with Gasteiger partial charge in [-0.1, -0.05) is 33.6 Å². The number of aromatic carboxylic acids is 1. The number of fused-ring (bicyclic) bond motifs is 1. The van der Waals surface area contributed by atoms with Crippen molar-refractivity contribution in [1.82, 2.24) is 9.97 Å². The number of rotatable bonds is 4. The second kappa shape index (κ2) is 7.70. The molecule has 0 bridgehead atoms. The van der Waals surface area contributed by atoms with Crippen molar-refractivity contribution in [3.63, 3.8) is 0 Å². The number of carbonyl (C=O) groups excluding carboxylic acids is 1. The Balaban J connectivity index is 1.70. The fourth-order valence-electron chi connectivity index (χ4n) is 4.63. The molecule has 2 aliphatic rings. The quantitative estimate of drug-likeness (QED) is 0.775. The van der Waals surface area contributed by atoms with Crippen LogP contribution in [0.15, 0.2) is 30.5 Å². The van der Waals surface area contributed by atoms with Gasteiger partial charge in [-0.15, -0.1) is 0 Å². The van der Waals surface area contributed by atoms with Crippen LogP contribution in [0.2, 0.25) is 0 Å². The van der Waals surface area contributed by atoms with Crippen molar-refractivity contribution in [3.8, 4) is 0 Å². The first-order valence-corrected chi connectivity index (χ1v) is 10.5. The van der Waals surface area contributed by atoms with Gasteiger partial charge in [0.05, 0.1) is 5.56 Å². The second-order valence-electron chi connectivity index (χ2n) is 9.02. The van der Waals surface area contributed by atoms with E-state index < -0.39 is 11.4 Å². The first-order chi connectivity index (χ1) is 14.3. The molecule has 30 heavy (non-hydrogen) atoms. The first-order valence-electron chi connectivity index (χ1n) is 10.5. The third-order valence-corrected chi connectivity index (χ3v) is 6.31. The SMILES string of the molecule is CC1C(=O)C(C)(C)CN(C2CCCC2)c2nc(Nc3ccc(C(=O)O)cc3)ncc21. The normalized spacial score (nSPS) is 21.2. The number of carboxylic acid groups (broad SMARTS) is 1. The van der Waals surface area contributed by atoms with E-state index in [1.54, 1.807) is 30.5 Å². The van der Waals surface area contributed by atoms with Crippen molar-refractivity contribution in [2.45, 2.75) is 58.4 Å². The number of nitrogens with zero attached hydrogens (tertiary/aromatic N) is 3. The highest BCUT2D eigenvalue weighted by Gasteiger charge is 2.42. The minimum Gasteiger partial charge on any atom is -0.478 e. The molecular formula is C23H28N4O3. The molecule has 1 aromatic carbocycles. The van der Waals surface area contributed by atoms with Gasteiger partial charge in [0.15, 0.2) is 0 Å². The van der Waals surface area contributed by atoms with Gasteiger partial charge in [-0.3, -0.25) is 4.79 Å². The van der Waals surface area contributed by atoms with Crippen LogP contribution in [0.25, 0.3) is 0 Å². The number of aromatic nitrogens is 2. The van der Waals surface area contributed by atoms with Gasteiger partial charge in [0.25, 0.3) is 0 Å². The molecule has 1 aliphatic heterocycles. The molecule has 0 saturated heterocycles. The summed E-state index contributed by atoms with van der Waals surface area (Å²) in [6.45, 7) is 6.65. The molecule has 1 fully saturated rings. The van der Waals surface area contributed by atoms with Gasteiger partial charge in [-0.05, 0) is 37.1 Å². The van der Waals surface area contributed by atoms with Crippen LogP contribution in [-0.4, -0.2) is 39.4 Å². The number of hydrogen-bond acceptors (Lipinski definition) is 6. The number of benzene rings is 1. The predicted octanol–water partition coefficient (Wildman–Crippen LogP) is 4.38. The molecule has 2 aromatic rings. The van der Waals surface area contributed by atoms with Gasteiger partial charge in [0.2, 0.25) is 5.95 Å². The van der Waals surface area contributed by atoms with E-state index in [-0.39, 0.29) is 17.3 Å². The predicted molar refractivity (Wildman–Crippen MR) is 116 cm³/mol. The fraction of sp³-hybridized carbons (Fsp3) is 0.478. The van der Waals surface area contributed by atoms with E-state index in [0.29, 0.717) is 24.2 Å². The Kier molecular flexibility index (Phi) is 5.22. The molecule has 1 unspecified atom stereocenters. The summed E-state index contributed by atoms with van der Waals surface area (Å²) in [7, 11) is 0. The monoisotopic (exact) mass is 408 g/mol. The summed E-state index contributed by atoms with van der Waals surface area (Å²) in [5.74, 6) is 0.284. The molecule has 1 aliphatic carbocycles. The maximum absolute atomic E-state index is 13.1. The van der Waals surface area contributed by atoms with E-state index in [1.807, 2.05) is 20.8 Å². The molecule has 1 atom stereocenters. The lowest BCUT2D eigenvalue weighted by atomic mass is 9.81. The Bertz CT molecular complexity index is 965. The molecule has 0 amide bonds. The molecule has 7 nitrogen and oxygen atoms in total. The van der Waals surface area contributed by atoms with Crippen LogP contribution in [0.3, 0.4) is 0 Å². The number of carbonyl (C=O) groups is 2. The van der Waals surface area contributed by atoms with Gasteiger partial charge in [-0.2, -0.15) is 4.98 Å². The third-order valence-electron chi connectivity index (χ3n) is 6.31. The van der Waals surface area contributed by atoms with E-state index in [4.69, 9.17) is 10.1 Å². The summed E-state index contributed by atoms with van der Waals surface area (Å²) in [4.78, 5) is 35.8. The average Bonchev–Trinajstić information content (AvgIpc) is 3.24. The van der Waals surface area contributed by atoms with Crippen LogP contribution in [-0.2, 0) is 4.79 Å². The molecule has 1 aromatic heterocycles. The molecule has 158 valence electrons. The number of carboxylic acids is 1. The number of hydrogen-bond donors (Lipinski definition) is 2. The van der Waals surface area contributed by atoms with Crippen LogP contribution >= 0.6 is 0 Å². The van der Waals surface area contributed by atoms with Crippen LogP contribution in [0.4, 0.5) is 17.5 Å². The molecule has 1 saturated carbocycles. The van der Waals surface area contributed by atoms with E-state index >= 15 is 0 Å². The van der Waals surface area contributed by atoms with Crippen LogP contribution in [0.1, 0.15) is 68.3 Å². The first kappa shape index (κ1) is 20.3. The lowest BCUT2D eigenvalue weighted by Gasteiger charge is -2.34. The number of Topliss-reactive ketones (excluding diaryl/α,β-unsaturated/α-hetero) is 1. The van der Waals surface area contributed by atoms with Crippen LogP contribution in [0.5, 0.6) is 0 Å². The van der Waals surface area contributed by atoms with Crippen molar-refractivity contribution in [2.24, 2.45) is 5.41 Å². The zero-order valence-electron chi connectivity index (χ0n) is 17.7. The second-order valence-corrected chi connectivity index (χ2v) is 9.02. The summed E-state index contributed by atoms with van der Waals surface area (Å²) in [6, 6.07) is 6.87. The maximum Gasteiger partial charge on any atom is 0.335 e. The van der Waals surface area contributed by atoms with E-state index in [0.717, 1.165) is 24.2 Å². The Hall–Kier alpha value is -2.96. The van der Waals surface area contributed by atoms with Gasteiger partial charge in [0, 0.05) is 41.4 Å². The largest absolute Gasteiger partial charge is 0.478 e. The van der Waals surface area contributed by atoms with Gasteiger partial charge in [0.1, 0.15) is 11.6 Å². The van der Waals surface area contributed by atoms with Crippen molar-refractivity contribution < 1.29 is 14.7 Å². The Labute approximate surface area is 176 Å². The molecule has 7 heteroatoms. The molecular weight excluding hydrogens is 380 g/mol. The number of anilines is 3. The lowest BCUT2D eigenvalue weighted by molar-refractivity contribution is -0.127. The minimum atomic E-state index is -0.962. The highest BCUT2D eigenvalue weighted by molar-refractivity contribution is 5.93. The topological polar surface area (TPSA) is 95.4 Å². The molecule has 4 rings (SSSR count). The third kappa shape index (κ3) is 3.76. The summed E-state index contributed by atoms with van der Waals surface area (Å²) in [5, 5.41) is 12.2.